The molecule has 0 fully saturated rings. The van der Waals surface area contributed by atoms with Gasteiger partial charge in [-0.1, -0.05) is 42.0 Å². The van der Waals surface area contributed by atoms with Crippen molar-refractivity contribution in [2.75, 3.05) is 13.1 Å². The molecule has 0 saturated heterocycles. The van der Waals surface area contributed by atoms with Crippen molar-refractivity contribution in [3.05, 3.63) is 47.5 Å². The number of ether oxygens (including phenoxy) is 1. The summed E-state index contributed by atoms with van der Waals surface area (Å²) in [6.07, 6.45) is 0.787. The van der Waals surface area contributed by atoms with Gasteiger partial charge in [-0.05, 0) is 12.5 Å². The number of aliphatic hydroxyl groups excluding tert-OH is 1. The number of carbonyl (C=O) groups is 1. The molecule has 4 heteroatoms. The van der Waals surface area contributed by atoms with Gasteiger partial charge in [-0.2, -0.15) is 0 Å². The van der Waals surface area contributed by atoms with Crippen molar-refractivity contribution < 1.29 is 14.6 Å². The van der Waals surface area contributed by atoms with Crippen LogP contribution in [0.25, 0.3) is 0 Å². The van der Waals surface area contributed by atoms with Gasteiger partial charge in [0.2, 0.25) is 0 Å². The van der Waals surface area contributed by atoms with Gasteiger partial charge in [-0.25, -0.2) is 4.79 Å². The minimum atomic E-state index is -0.594. The van der Waals surface area contributed by atoms with Crippen molar-refractivity contribution in [2.45, 2.75) is 19.6 Å². The first-order valence-electron chi connectivity index (χ1n) is 5.96. The Kier molecular flexibility index (Phi) is 3.99. The van der Waals surface area contributed by atoms with Gasteiger partial charge in [0.05, 0.1) is 12.6 Å². The summed E-state index contributed by atoms with van der Waals surface area (Å²) in [4.78, 5) is 13.3. The van der Waals surface area contributed by atoms with Gasteiger partial charge in [-0.15, -0.1) is 0 Å². The highest BCUT2D eigenvalue weighted by Crippen LogP contribution is 2.11. The quantitative estimate of drug-likeness (QED) is 0.813. The minimum Gasteiger partial charge on any atom is -0.445 e. The van der Waals surface area contributed by atoms with Crippen LogP contribution in [0.1, 0.15) is 12.5 Å². The van der Waals surface area contributed by atoms with Crippen molar-refractivity contribution in [2.24, 2.45) is 0 Å². The van der Waals surface area contributed by atoms with E-state index in [1.807, 2.05) is 37.3 Å². The summed E-state index contributed by atoms with van der Waals surface area (Å²) in [7, 11) is 0. The van der Waals surface area contributed by atoms with E-state index in [-0.39, 0.29) is 12.7 Å². The second-order valence-electron chi connectivity index (χ2n) is 4.50. The average molecular weight is 247 g/mol. The largest absolute Gasteiger partial charge is 0.445 e. The molecule has 0 bridgehead atoms. The van der Waals surface area contributed by atoms with Crippen molar-refractivity contribution in [3.8, 4) is 0 Å². The number of rotatable bonds is 2. The zero-order valence-corrected chi connectivity index (χ0v) is 10.4. The molecule has 1 atom stereocenters. The first-order valence-corrected chi connectivity index (χ1v) is 5.96. The van der Waals surface area contributed by atoms with Crippen LogP contribution >= 0.6 is 0 Å². The van der Waals surface area contributed by atoms with Crippen LogP contribution in [0.2, 0.25) is 0 Å². The monoisotopic (exact) mass is 247 g/mol. The topological polar surface area (TPSA) is 49.8 Å². The lowest BCUT2D eigenvalue weighted by Crippen LogP contribution is -2.41. The smallest absolute Gasteiger partial charge is 0.410 e. The first kappa shape index (κ1) is 12.6. The standard InChI is InChI=1S/C14H17NO3/c1-11-7-13(16)9-15(8-11)14(17)18-10-12-5-3-2-4-6-12/h2-7,13,16H,8-10H2,1H3/t13-/m1/s1. The molecule has 0 aromatic heterocycles. The molecule has 1 aromatic rings. The van der Waals surface area contributed by atoms with Crippen LogP contribution in [0.15, 0.2) is 42.0 Å². The van der Waals surface area contributed by atoms with Gasteiger partial charge >= 0.3 is 6.09 Å². The van der Waals surface area contributed by atoms with Gasteiger partial charge in [0, 0.05) is 6.54 Å². The summed E-state index contributed by atoms with van der Waals surface area (Å²) >= 11 is 0. The fraction of sp³-hybridized carbons (Fsp3) is 0.357. The van der Waals surface area contributed by atoms with Crippen LogP contribution in [-0.4, -0.2) is 35.3 Å². The van der Waals surface area contributed by atoms with Crippen LogP contribution in [0.3, 0.4) is 0 Å². The Labute approximate surface area is 106 Å². The molecule has 0 radical (unpaired) electrons. The first-order chi connectivity index (χ1) is 8.65. The van der Waals surface area contributed by atoms with Gasteiger partial charge in [0.1, 0.15) is 6.61 Å². The van der Waals surface area contributed by atoms with Crippen LogP contribution in [-0.2, 0) is 11.3 Å². The predicted molar refractivity (Wildman–Crippen MR) is 68.0 cm³/mol. The lowest BCUT2D eigenvalue weighted by molar-refractivity contribution is 0.0778. The lowest BCUT2D eigenvalue weighted by Gasteiger charge is -2.28. The molecule has 0 aliphatic carbocycles. The molecule has 1 aromatic carbocycles. The summed E-state index contributed by atoms with van der Waals surface area (Å²) in [5, 5.41) is 9.56. The molecule has 2 rings (SSSR count). The molecule has 1 aliphatic heterocycles. The van der Waals surface area contributed by atoms with Crippen molar-refractivity contribution in [1.29, 1.82) is 0 Å². The Morgan fingerprint density at radius 2 is 2.17 bits per heavy atom. The normalized spacial score (nSPS) is 19.3. The fourth-order valence-corrected chi connectivity index (χ4v) is 1.97. The molecule has 0 spiro atoms. The number of hydrogen-bond donors (Lipinski definition) is 1. The summed E-state index contributed by atoms with van der Waals surface area (Å²) in [5.74, 6) is 0. The second-order valence-corrected chi connectivity index (χ2v) is 4.50. The zero-order valence-electron chi connectivity index (χ0n) is 10.4. The zero-order chi connectivity index (χ0) is 13.0. The third-order valence-electron chi connectivity index (χ3n) is 2.79. The molecule has 4 nitrogen and oxygen atoms in total. The molecule has 0 saturated carbocycles. The molecular weight excluding hydrogens is 230 g/mol. The molecular formula is C14H17NO3. The Bertz CT molecular complexity index is 442. The van der Waals surface area contributed by atoms with Gasteiger partial charge in [0.25, 0.3) is 0 Å². The summed E-state index contributed by atoms with van der Waals surface area (Å²) in [6, 6.07) is 9.54. The van der Waals surface area contributed by atoms with Gasteiger partial charge in [-0.3, -0.25) is 0 Å². The highest BCUT2D eigenvalue weighted by molar-refractivity contribution is 5.68. The molecule has 1 aliphatic rings. The van der Waals surface area contributed by atoms with E-state index >= 15 is 0 Å². The predicted octanol–water partition coefficient (Wildman–Crippen LogP) is 1.95. The molecule has 1 heterocycles. The number of aliphatic hydroxyl groups is 1. The maximum atomic E-state index is 11.8. The van der Waals surface area contributed by atoms with Crippen molar-refractivity contribution in [3.63, 3.8) is 0 Å². The molecule has 18 heavy (non-hydrogen) atoms. The fourth-order valence-electron chi connectivity index (χ4n) is 1.97. The summed E-state index contributed by atoms with van der Waals surface area (Å²) in [6.45, 7) is 2.96. The van der Waals surface area contributed by atoms with E-state index in [4.69, 9.17) is 4.74 Å². The van der Waals surface area contributed by atoms with E-state index in [2.05, 4.69) is 0 Å². The number of benzene rings is 1. The highest BCUT2D eigenvalue weighted by atomic mass is 16.6. The van der Waals surface area contributed by atoms with E-state index in [1.54, 1.807) is 6.08 Å². The molecule has 0 unspecified atom stereocenters. The van der Waals surface area contributed by atoms with E-state index in [9.17, 15) is 9.90 Å². The van der Waals surface area contributed by atoms with Crippen LogP contribution in [0, 0.1) is 0 Å². The third kappa shape index (κ3) is 3.34. The summed E-state index contributed by atoms with van der Waals surface area (Å²) < 4.78 is 5.21. The minimum absolute atomic E-state index is 0.259. The van der Waals surface area contributed by atoms with E-state index in [0.717, 1.165) is 11.1 Å². The van der Waals surface area contributed by atoms with Crippen LogP contribution < -0.4 is 0 Å². The third-order valence-corrected chi connectivity index (χ3v) is 2.79. The Morgan fingerprint density at radius 3 is 2.83 bits per heavy atom. The highest BCUT2D eigenvalue weighted by Gasteiger charge is 2.22. The molecule has 1 amide bonds. The maximum Gasteiger partial charge on any atom is 0.410 e. The Balaban J connectivity index is 1.87. The van der Waals surface area contributed by atoms with E-state index < -0.39 is 6.10 Å². The van der Waals surface area contributed by atoms with Gasteiger partial charge in [0.15, 0.2) is 0 Å². The van der Waals surface area contributed by atoms with Crippen molar-refractivity contribution >= 4 is 6.09 Å². The SMILES string of the molecule is CC1=C[C@@H](O)CN(C(=O)OCc2ccccc2)C1. The summed E-state index contributed by atoms with van der Waals surface area (Å²) in [5.41, 5.74) is 1.93. The number of hydrogen-bond acceptors (Lipinski definition) is 3. The molecule has 1 N–H and O–H groups in total. The second kappa shape index (κ2) is 5.69. The number of nitrogens with zero attached hydrogens (tertiary/aromatic N) is 1. The molecule has 96 valence electrons. The van der Waals surface area contributed by atoms with E-state index in [1.165, 1.54) is 4.90 Å². The number of carbonyl (C=O) groups excluding carboxylic acids is 1. The lowest BCUT2D eigenvalue weighted by atomic mass is 10.1. The van der Waals surface area contributed by atoms with Crippen molar-refractivity contribution in [1.82, 2.24) is 4.90 Å². The number of amides is 1. The van der Waals surface area contributed by atoms with Crippen LogP contribution in [0.4, 0.5) is 4.79 Å². The number of β-amino-alcohol motifs (C(OH)–C–C–N with tert-alkyl or cyclic N) is 1. The average Bonchev–Trinajstić information content (AvgIpc) is 2.36. The maximum absolute atomic E-state index is 11.8. The van der Waals surface area contributed by atoms with E-state index in [0.29, 0.717) is 13.1 Å². The Hall–Kier alpha value is -1.81. The Morgan fingerprint density at radius 1 is 1.44 bits per heavy atom. The van der Waals surface area contributed by atoms with Gasteiger partial charge < -0.3 is 14.7 Å². The van der Waals surface area contributed by atoms with Crippen LogP contribution in [0.5, 0.6) is 0 Å².